The average molecular weight is 311 g/mol. The highest BCUT2D eigenvalue weighted by Crippen LogP contribution is 2.19. The summed E-state index contributed by atoms with van der Waals surface area (Å²) in [5, 5.41) is 18.8. The second kappa shape index (κ2) is 11.7. The summed E-state index contributed by atoms with van der Waals surface area (Å²) in [5.74, 6) is 0.590. The topological polar surface area (TPSA) is 40.5 Å². The number of hydrogen-bond acceptors (Lipinski definition) is 2. The van der Waals surface area contributed by atoms with E-state index < -0.39 is 11.2 Å². The minimum Gasteiger partial charge on any atom is -0.390 e. The third-order valence-electron chi connectivity index (χ3n) is 3.76. The number of allylic oxidation sites excluding steroid dienone is 3. The van der Waals surface area contributed by atoms with Crippen molar-refractivity contribution in [1.82, 2.24) is 0 Å². The molecule has 0 radical (unpaired) electrons. The first-order chi connectivity index (χ1) is 9.95. The molecule has 0 saturated heterocycles. The van der Waals surface area contributed by atoms with Crippen molar-refractivity contribution in [2.75, 3.05) is 0 Å². The molecule has 0 aromatic carbocycles. The van der Waals surface area contributed by atoms with Crippen LogP contribution >= 0.6 is 0 Å². The molecule has 0 aliphatic rings. The lowest BCUT2D eigenvalue weighted by Gasteiger charge is -2.18. The normalized spacial score (nSPS) is 15.6. The van der Waals surface area contributed by atoms with E-state index in [0.29, 0.717) is 5.92 Å². The fourth-order valence-corrected chi connectivity index (χ4v) is 1.73. The lowest BCUT2D eigenvalue weighted by molar-refractivity contribution is 0.0674. The van der Waals surface area contributed by atoms with Crippen LogP contribution in [0.25, 0.3) is 0 Å². The molecule has 0 saturated carbocycles. The first-order valence-electron chi connectivity index (χ1n) is 8.30. The van der Waals surface area contributed by atoms with Gasteiger partial charge in [0.25, 0.3) is 0 Å². The predicted molar refractivity (Wildman–Crippen MR) is 99.0 cm³/mol. The van der Waals surface area contributed by atoms with Crippen LogP contribution in [-0.2, 0) is 0 Å². The second-order valence-electron chi connectivity index (χ2n) is 7.12. The van der Waals surface area contributed by atoms with Gasteiger partial charge in [0.2, 0.25) is 0 Å². The molecule has 2 unspecified atom stereocenters. The summed E-state index contributed by atoms with van der Waals surface area (Å²) in [6, 6.07) is 0. The first kappa shape index (κ1) is 23.4. The van der Waals surface area contributed by atoms with E-state index in [1.165, 1.54) is 5.57 Å². The van der Waals surface area contributed by atoms with Crippen molar-refractivity contribution < 1.29 is 10.2 Å². The maximum atomic E-state index is 9.45. The lowest BCUT2D eigenvalue weighted by Crippen LogP contribution is -2.19. The van der Waals surface area contributed by atoms with Gasteiger partial charge >= 0.3 is 0 Å². The van der Waals surface area contributed by atoms with E-state index >= 15 is 0 Å². The van der Waals surface area contributed by atoms with Crippen LogP contribution in [0, 0.1) is 5.92 Å². The molecule has 0 spiro atoms. The molecule has 2 heteroatoms. The molecule has 2 N–H and O–H groups in total. The molecule has 2 atom stereocenters. The average Bonchev–Trinajstić information content (AvgIpc) is 2.38. The van der Waals surface area contributed by atoms with E-state index in [9.17, 15) is 10.2 Å². The quantitative estimate of drug-likeness (QED) is 0.558. The molecule has 0 aliphatic carbocycles. The summed E-state index contributed by atoms with van der Waals surface area (Å²) in [6.45, 7) is 19.2. The van der Waals surface area contributed by atoms with Crippen molar-refractivity contribution in [3.63, 3.8) is 0 Å². The molecule has 0 aliphatic heterocycles. The number of aliphatic hydroxyl groups is 2. The smallest absolute Gasteiger partial charge is 0.0800 e. The van der Waals surface area contributed by atoms with Crippen LogP contribution in [0.2, 0.25) is 0 Å². The third kappa shape index (κ3) is 17.2. The zero-order valence-corrected chi connectivity index (χ0v) is 15.7. The summed E-state index contributed by atoms with van der Waals surface area (Å²) < 4.78 is 0. The Balaban J connectivity index is 0. The predicted octanol–water partition coefficient (Wildman–Crippen LogP) is 5.42. The highest BCUT2D eigenvalue weighted by atomic mass is 16.3. The second-order valence-corrected chi connectivity index (χ2v) is 7.12. The van der Waals surface area contributed by atoms with Gasteiger partial charge in [0.15, 0.2) is 0 Å². The molecule has 0 amide bonds. The van der Waals surface area contributed by atoms with Crippen molar-refractivity contribution in [2.45, 2.75) is 84.8 Å². The molecule has 0 heterocycles. The zero-order valence-electron chi connectivity index (χ0n) is 15.7. The fraction of sp³-hybridized carbons (Fsp3) is 0.700. The lowest BCUT2D eigenvalue weighted by atomic mass is 9.94. The Morgan fingerprint density at radius 2 is 1.73 bits per heavy atom. The van der Waals surface area contributed by atoms with Crippen LogP contribution in [0.5, 0.6) is 0 Å². The van der Waals surface area contributed by atoms with Gasteiger partial charge in [0.1, 0.15) is 0 Å². The Labute approximate surface area is 138 Å². The van der Waals surface area contributed by atoms with Crippen molar-refractivity contribution in [3.8, 4) is 0 Å². The van der Waals surface area contributed by atoms with Gasteiger partial charge in [-0.15, -0.1) is 6.58 Å². The van der Waals surface area contributed by atoms with Gasteiger partial charge < -0.3 is 10.2 Å². The molecular weight excluding hydrogens is 272 g/mol. The van der Waals surface area contributed by atoms with Gasteiger partial charge in [-0.05, 0) is 66.2 Å². The van der Waals surface area contributed by atoms with Crippen LogP contribution in [0.1, 0.15) is 73.6 Å². The van der Waals surface area contributed by atoms with Crippen LogP contribution < -0.4 is 0 Å². The largest absolute Gasteiger partial charge is 0.390 e. The standard InChI is InChI=1S/C11H22O.C9H16O/c1-9(2)10(3)7-6-8-11(4,5)12;1-4-6-7-8-9(3,10)5-2/h10,12H,1,6-8H2,2-5H3;4-6,10H,2,7-8H2,1,3H3. The molecule has 130 valence electrons. The molecule has 0 bridgehead atoms. The van der Waals surface area contributed by atoms with Gasteiger partial charge in [-0.25, -0.2) is 0 Å². The van der Waals surface area contributed by atoms with Gasteiger partial charge in [0.05, 0.1) is 11.2 Å². The first-order valence-corrected chi connectivity index (χ1v) is 8.30. The van der Waals surface area contributed by atoms with Crippen molar-refractivity contribution in [3.05, 3.63) is 37.0 Å². The minimum absolute atomic E-state index is 0.505. The van der Waals surface area contributed by atoms with Gasteiger partial charge in [0, 0.05) is 0 Å². The van der Waals surface area contributed by atoms with Gasteiger partial charge in [-0.1, -0.05) is 43.7 Å². The molecule has 0 fully saturated rings. The van der Waals surface area contributed by atoms with E-state index in [2.05, 4.69) is 27.0 Å². The van der Waals surface area contributed by atoms with Crippen LogP contribution in [0.3, 0.4) is 0 Å². The molecule has 2 nitrogen and oxygen atoms in total. The Morgan fingerprint density at radius 1 is 1.18 bits per heavy atom. The number of rotatable bonds is 9. The molecule has 0 aromatic heterocycles. The van der Waals surface area contributed by atoms with E-state index in [1.54, 1.807) is 13.0 Å². The third-order valence-corrected chi connectivity index (χ3v) is 3.76. The van der Waals surface area contributed by atoms with Crippen LogP contribution in [0.15, 0.2) is 37.0 Å². The monoisotopic (exact) mass is 310 g/mol. The van der Waals surface area contributed by atoms with Gasteiger partial charge in [-0.2, -0.15) is 0 Å². The fourth-order valence-electron chi connectivity index (χ4n) is 1.73. The van der Waals surface area contributed by atoms with E-state index in [0.717, 1.165) is 32.1 Å². The summed E-state index contributed by atoms with van der Waals surface area (Å²) in [4.78, 5) is 0. The summed E-state index contributed by atoms with van der Waals surface area (Å²) >= 11 is 0. The Kier molecular flexibility index (Phi) is 12.4. The van der Waals surface area contributed by atoms with Crippen LogP contribution in [-0.4, -0.2) is 21.4 Å². The van der Waals surface area contributed by atoms with E-state index in [4.69, 9.17) is 0 Å². The molecule has 22 heavy (non-hydrogen) atoms. The number of hydrogen-bond donors (Lipinski definition) is 2. The maximum absolute atomic E-state index is 9.45. The van der Waals surface area contributed by atoms with Crippen molar-refractivity contribution in [1.29, 1.82) is 0 Å². The maximum Gasteiger partial charge on any atom is 0.0800 e. The molecular formula is C20H38O2. The Morgan fingerprint density at radius 3 is 2.09 bits per heavy atom. The summed E-state index contributed by atoms with van der Waals surface area (Å²) in [6.07, 6.45) is 10.4. The van der Waals surface area contributed by atoms with Crippen LogP contribution in [0.4, 0.5) is 0 Å². The van der Waals surface area contributed by atoms with Crippen molar-refractivity contribution in [2.24, 2.45) is 5.92 Å². The summed E-state index contributed by atoms with van der Waals surface area (Å²) in [5.41, 5.74) is 0.0413. The minimum atomic E-state index is -0.695. The van der Waals surface area contributed by atoms with E-state index in [1.807, 2.05) is 32.9 Å². The SMILES string of the molecule is C=C(C)C(C)CCCC(C)(C)O.C=CC(C)(O)CCC=CC. The summed E-state index contributed by atoms with van der Waals surface area (Å²) in [7, 11) is 0. The van der Waals surface area contributed by atoms with E-state index in [-0.39, 0.29) is 0 Å². The highest BCUT2D eigenvalue weighted by Gasteiger charge is 2.13. The Hall–Kier alpha value is -0.860. The van der Waals surface area contributed by atoms with Crippen molar-refractivity contribution >= 4 is 0 Å². The zero-order chi connectivity index (χ0) is 17.8. The van der Waals surface area contributed by atoms with Gasteiger partial charge in [-0.3, -0.25) is 0 Å². The molecule has 0 aromatic rings. The highest BCUT2D eigenvalue weighted by molar-refractivity contribution is 4.94. The molecule has 0 rings (SSSR count). The Bertz CT molecular complexity index is 332.